The second-order valence-corrected chi connectivity index (χ2v) is 6.98. The van der Waals surface area contributed by atoms with Gasteiger partial charge in [-0.05, 0) is 49.9 Å². The van der Waals surface area contributed by atoms with Crippen molar-refractivity contribution < 1.29 is 29.9 Å². The number of aliphatic hydroxyl groups is 4. The SMILES string of the molecule is Cc1cccc(C)c1OC(O)(Oc1c(C)cccc1C)C(CO)(CO)CO. The molecule has 6 heteroatoms. The smallest absolute Gasteiger partial charge is 0.382 e. The van der Waals surface area contributed by atoms with Gasteiger partial charge in [0.25, 0.3) is 0 Å². The molecule has 0 amide bonds. The molecule has 0 aliphatic carbocycles. The highest BCUT2D eigenvalue weighted by atomic mass is 16.8. The second-order valence-electron chi connectivity index (χ2n) is 6.98. The zero-order valence-corrected chi connectivity index (χ0v) is 16.2. The van der Waals surface area contributed by atoms with E-state index in [9.17, 15) is 20.4 Å². The summed E-state index contributed by atoms with van der Waals surface area (Å²) in [5.74, 6) is -1.81. The lowest BCUT2D eigenvalue weighted by Gasteiger charge is -2.43. The van der Waals surface area contributed by atoms with Crippen molar-refractivity contribution in [2.75, 3.05) is 19.8 Å². The molecule has 4 N–H and O–H groups in total. The molecule has 0 unspecified atom stereocenters. The van der Waals surface area contributed by atoms with E-state index in [1.54, 1.807) is 52.0 Å². The Morgan fingerprint density at radius 1 is 0.667 bits per heavy atom. The predicted molar refractivity (Wildman–Crippen MR) is 102 cm³/mol. The van der Waals surface area contributed by atoms with Crippen molar-refractivity contribution >= 4 is 0 Å². The van der Waals surface area contributed by atoms with Crippen LogP contribution in [0.3, 0.4) is 0 Å². The van der Waals surface area contributed by atoms with Crippen LogP contribution in [0.5, 0.6) is 11.5 Å². The standard InChI is InChI=1S/C21H28O6/c1-14-7-5-8-15(2)18(14)26-21(25,20(11-22,12-23)13-24)27-19-16(3)9-6-10-17(19)4/h5-10,22-25H,11-13H2,1-4H3. The number of rotatable bonds is 8. The third kappa shape index (κ3) is 3.94. The van der Waals surface area contributed by atoms with Crippen molar-refractivity contribution in [3.8, 4) is 11.5 Å². The lowest BCUT2D eigenvalue weighted by Crippen LogP contribution is -2.63. The van der Waals surface area contributed by atoms with Gasteiger partial charge in [0.1, 0.15) is 16.9 Å². The molecule has 0 aliphatic heterocycles. The maximum absolute atomic E-state index is 11.4. The first-order valence-corrected chi connectivity index (χ1v) is 8.79. The van der Waals surface area contributed by atoms with Crippen molar-refractivity contribution in [1.29, 1.82) is 0 Å². The van der Waals surface area contributed by atoms with E-state index in [-0.39, 0.29) is 0 Å². The first-order valence-electron chi connectivity index (χ1n) is 8.79. The first kappa shape index (κ1) is 21.2. The number of para-hydroxylation sites is 2. The highest BCUT2D eigenvalue weighted by Crippen LogP contribution is 2.39. The minimum Gasteiger partial charge on any atom is -0.429 e. The maximum atomic E-state index is 11.4. The zero-order chi connectivity index (χ0) is 20.2. The Labute approximate surface area is 159 Å². The highest BCUT2D eigenvalue weighted by Gasteiger charge is 2.56. The van der Waals surface area contributed by atoms with Gasteiger partial charge in [-0.1, -0.05) is 36.4 Å². The summed E-state index contributed by atoms with van der Waals surface area (Å²) in [5.41, 5.74) is 1.08. The van der Waals surface area contributed by atoms with Crippen molar-refractivity contribution in [2.24, 2.45) is 5.41 Å². The lowest BCUT2D eigenvalue weighted by atomic mass is 9.87. The van der Waals surface area contributed by atoms with E-state index in [0.29, 0.717) is 11.5 Å². The van der Waals surface area contributed by atoms with Crippen LogP contribution in [-0.4, -0.2) is 46.2 Å². The third-order valence-electron chi connectivity index (χ3n) is 4.88. The molecule has 0 fully saturated rings. The molecule has 0 spiro atoms. The molecule has 6 nitrogen and oxygen atoms in total. The molecule has 2 rings (SSSR count). The minimum atomic E-state index is -2.51. The van der Waals surface area contributed by atoms with Crippen LogP contribution in [0.4, 0.5) is 0 Å². The highest BCUT2D eigenvalue weighted by molar-refractivity contribution is 5.42. The molecule has 0 saturated carbocycles. The second kappa shape index (κ2) is 8.27. The quantitative estimate of drug-likeness (QED) is 0.526. The fraction of sp³-hybridized carbons (Fsp3) is 0.429. The minimum absolute atomic E-state index is 0.353. The van der Waals surface area contributed by atoms with Gasteiger partial charge in [0, 0.05) is 0 Å². The lowest BCUT2D eigenvalue weighted by molar-refractivity contribution is -0.357. The average molecular weight is 376 g/mol. The van der Waals surface area contributed by atoms with Gasteiger partial charge in [-0.25, -0.2) is 0 Å². The topological polar surface area (TPSA) is 99.4 Å². The molecule has 0 bridgehead atoms. The van der Waals surface area contributed by atoms with Crippen molar-refractivity contribution in [3.63, 3.8) is 0 Å². The Morgan fingerprint density at radius 3 is 1.22 bits per heavy atom. The molecule has 0 heterocycles. The summed E-state index contributed by atoms with van der Waals surface area (Å²) in [6.45, 7) is 4.95. The molecule has 27 heavy (non-hydrogen) atoms. The van der Waals surface area contributed by atoms with E-state index in [2.05, 4.69) is 0 Å². The largest absolute Gasteiger partial charge is 0.429 e. The van der Waals surface area contributed by atoms with E-state index < -0.39 is 31.2 Å². The van der Waals surface area contributed by atoms with Gasteiger partial charge in [0.05, 0.1) is 19.8 Å². The maximum Gasteiger partial charge on any atom is 0.382 e. The Hall–Kier alpha value is -2.12. The van der Waals surface area contributed by atoms with Crippen LogP contribution in [0.25, 0.3) is 0 Å². The van der Waals surface area contributed by atoms with Crippen LogP contribution in [0.15, 0.2) is 36.4 Å². The molecule has 2 aromatic rings. The van der Waals surface area contributed by atoms with Crippen molar-refractivity contribution in [1.82, 2.24) is 0 Å². The molecule has 0 atom stereocenters. The first-order chi connectivity index (χ1) is 12.7. The van der Waals surface area contributed by atoms with Crippen molar-refractivity contribution in [3.05, 3.63) is 58.7 Å². The summed E-state index contributed by atoms with van der Waals surface area (Å²) < 4.78 is 11.7. The number of benzene rings is 2. The molecule has 0 saturated heterocycles. The molecule has 0 aliphatic rings. The van der Waals surface area contributed by atoms with Crippen LogP contribution in [-0.2, 0) is 0 Å². The Bertz CT molecular complexity index is 680. The van der Waals surface area contributed by atoms with E-state index in [1.165, 1.54) is 0 Å². The average Bonchev–Trinajstić information content (AvgIpc) is 2.64. The van der Waals surface area contributed by atoms with Crippen LogP contribution >= 0.6 is 0 Å². The van der Waals surface area contributed by atoms with Crippen molar-refractivity contribution in [2.45, 2.75) is 33.7 Å². The van der Waals surface area contributed by atoms with Crippen LogP contribution in [0.2, 0.25) is 0 Å². The van der Waals surface area contributed by atoms with Gasteiger partial charge in [-0.2, -0.15) is 0 Å². The van der Waals surface area contributed by atoms with Gasteiger partial charge < -0.3 is 29.9 Å². The van der Waals surface area contributed by atoms with E-state index >= 15 is 0 Å². The Morgan fingerprint density at radius 2 is 0.963 bits per heavy atom. The number of hydrogen-bond acceptors (Lipinski definition) is 6. The number of aryl methyl sites for hydroxylation is 4. The van der Waals surface area contributed by atoms with E-state index in [0.717, 1.165) is 22.3 Å². The van der Waals surface area contributed by atoms with Gasteiger partial charge >= 0.3 is 5.97 Å². The van der Waals surface area contributed by atoms with Crippen LogP contribution in [0, 0.1) is 33.1 Å². The van der Waals surface area contributed by atoms with E-state index in [1.807, 2.05) is 12.1 Å². The van der Waals surface area contributed by atoms with Gasteiger partial charge in [-0.15, -0.1) is 0 Å². The van der Waals surface area contributed by atoms with Crippen LogP contribution in [0.1, 0.15) is 22.3 Å². The zero-order valence-electron chi connectivity index (χ0n) is 16.2. The molecule has 0 radical (unpaired) electrons. The normalized spacial score (nSPS) is 12.1. The fourth-order valence-corrected chi connectivity index (χ4v) is 2.88. The molecule has 2 aromatic carbocycles. The summed E-state index contributed by atoms with van der Waals surface area (Å²) in [4.78, 5) is 0. The van der Waals surface area contributed by atoms with E-state index in [4.69, 9.17) is 9.47 Å². The number of aliphatic hydroxyl groups excluding tert-OH is 3. The summed E-state index contributed by atoms with van der Waals surface area (Å²) >= 11 is 0. The van der Waals surface area contributed by atoms with Crippen LogP contribution < -0.4 is 9.47 Å². The number of ether oxygens (including phenoxy) is 2. The molecular weight excluding hydrogens is 348 g/mol. The predicted octanol–water partition coefficient (Wildman–Crippen LogP) is 1.99. The third-order valence-corrected chi connectivity index (χ3v) is 4.88. The summed E-state index contributed by atoms with van der Waals surface area (Å²) in [5, 5.41) is 41.1. The van der Waals surface area contributed by atoms with Gasteiger partial charge in [-0.3, -0.25) is 0 Å². The summed E-state index contributed by atoms with van der Waals surface area (Å²) in [6, 6.07) is 10.9. The molecular formula is C21H28O6. The van der Waals surface area contributed by atoms with Gasteiger partial charge in [0.2, 0.25) is 0 Å². The van der Waals surface area contributed by atoms with Gasteiger partial charge in [0.15, 0.2) is 0 Å². The number of hydrogen-bond donors (Lipinski definition) is 4. The summed E-state index contributed by atoms with van der Waals surface area (Å²) in [7, 11) is 0. The summed E-state index contributed by atoms with van der Waals surface area (Å²) in [6.07, 6.45) is 0. The molecule has 0 aromatic heterocycles. The Kier molecular flexibility index (Phi) is 6.49. The monoisotopic (exact) mass is 376 g/mol. The Balaban J connectivity index is 2.61. The fourth-order valence-electron chi connectivity index (χ4n) is 2.88. The molecule has 148 valence electrons.